The number of benzene rings is 2. The van der Waals surface area contributed by atoms with Gasteiger partial charge in [0.25, 0.3) is 0 Å². The Kier molecular flexibility index (Phi) is 5.55. The van der Waals surface area contributed by atoms with Crippen LogP contribution in [0.3, 0.4) is 0 Å². The van der Waals surface area contributed by atoms with Gasteiger partial charge in [-0.15, -0.1) is 0 Å². The van der Waals surface area contributed by atoms with E-state index in [-0.39, 0.29) is 11.7 Å². The summed E-state index contributed by atoms with van der Waals surface area (Å²) in [5.41, 5.74) is 4.17. The van der Waals surface area contributed by atoms with Crippen molar-refractivity contribution in [2.75, 3.05) is 19.6 Å². The second-order valence-corrected chi connectivity index (χ2v) is 8.57. The number of aromatic nitrogens is 2. The summed E-state index contributed by atoms with van der Waals surface area (Å²) in [6.07, 6.45) is 6.42. The fourth-order valence-electron chi connectivity index (χ4n) is 4.75. The number of hydrogen-bond donors (Lipinski definition) is 0. The molecule has 5 nitrogen and oxygen atoms in total. The molecule has 0 radical (unpaired) electrons. The monoisotopic (exact) mass is 418 g/mol. The maximum atomic E-state index is 14.0. The SMILES string of the molecule is O=C(C1CCN(Cc2cnn(-c3ccccc3F)c2)CC1)N1CCc2ccccc2C1. The normalized spacial score (nSPS) is 17.5. The summed E-state index contributed by atoms with van der Waals surface area (Å²) in [6, 6.07) is 15.1. The molecular formula is C25H27FN4O. The average molecular weight is 419 g/mol. The van der Waals surface area contributed by atoms with Crippen molar-refractivity contribution in [1.82, 2.24) is 19.6 Å². The quantitative estimate of drug-likeness (QED) is 0.647. The summed E-state index contributed by atoms with van der Waals surface area (Å²) in [7, 11) is 0. The van der Waals surface area contributed by atoms with Crippen molar-refractivity contribution in [2.24, 2.45) is 5.92 Å². The Morgan fingerprint density at radius 3 is 2.55 bits per heavy atom. The van der Waals surface area contributed by atoms with E-state index < -0.39 is 0 Å². The fourth-order valence-corrected chi connectivity index (χ4v) is 4.75. The van der Waals surface area contributed by atoms with Gasteiger partial charge in [0.05, 0.1) is 6.20 Å². The van der Waals surface area contributed by atoms with E-state index in [0.29, 0.717) is 11.6 Å². The number of carbonyl (C=O) groups is 1. The summed E-state index contributed by atoms with van der Waals surface area (Å²) in [5, 5.41) is 4.32. The van der Waals surface area contributed by atoms with Gasteiger partial charge in [-0.3, -0.25) is 9.69 Å². The van der Waals surface area contributed by atoms with E-state index in [2.05, 4.69) is 34.3 Å². The number of amides is 1. The van der Waals surface area contributed by atoms with Gasteiger partial charge >= 0.3 is 0 Å². The van der Waals surface area contributed by atoms with Gasteiger partial charge in [0.15, 0.2) is 0 Å². The smallest absolute Gasteiger partial charge is 0.226 e. The van der Waals surface area contributed by atoms with Crippen LogP contribution in [0.1, 0.15) is 29.5 Å². The summed E-state index contributed by atoms with van der Waals surface area (Å²) in [6.45, 7) is 4.12. The third-order valence-electron chi connectivity index (χ3n) is 6.52. The molecule has 0 atom stereocenters. The predicted octanol–water partition coefficient (Wildman–Crippen LogP) is 3.81. The zero-order valence-corrected chi connectivity index (χ0v) is 17.6. The molecule has 2 aliphatic rings. The van der Waals surface area contributed by atoms with Crippen LogP contribution in [0.5, 0.6) is 0 Å². The third-order valence-corrected chi connectivity index (χ3v) is 6.52. The van der Waals surface area contributed by atoms with Gasteiger partial charge in [0, 0.05) is 37.3 Å². The first kappa shape index (κ1) is 19.9. The number of carbonyl (C=O) groups excluding carboxylic acids is 1. The largest absolute Gasteiger partial charge is 0.338 e. The molecule has 0 spiro atoms. The van der Waals surface area contributed by atoms with Crippen molar-refractivity contribution in [2.45, 2.75) is 32.4 Å². The molecule has 2 aromatic carbocycles. The van der Waals surface area contributed by atoms with Crippen LogP contribution in [0.25, 0.3) is 5.69 Å². The molecule has 160 valence electrons. The van der Waals surface area contributed by atoms with E-state index in [1.165, 1.54) is 17.2 Å². The number of para-hydroxylation sites is 1. The second-order valence-electron chi connectivity index (χ2n) is 8.57. The summed E-state index contributed by atoms with van der Waals surface area (Å²) in [4.78, 5) is 17.5. The van der Waals surface area contributed by atoms with Crippen LogP contribution in [0, 0.1) is 11.7 Å². The molecule has 3 heterocycles. The van der Waals surface area contributed by atoms with Gasteiger partial charge in [0.2, 0.25) is 5.91 Å². The van der Waals surface area contributed by atoms with Gasteiger partial charge in [-0.1, -0.05) is 36.4 Å². The van der Waals surface area contributed by atoms with Crippen molar-refractivity contribution in [3.63, 3.8) is 0 Å². The number of hydrogen-bond acceptors (Lipinski definition) is 3. The molecule has 0 unspecified atom stereocenters. The number of halogens is 1. The van der Waals surface area contributed by atoms with Crippen LogP contribution in [0.2, 0.25) is 0 Å². The third kappa shape index (κ3) is 4.26. The second kappa shape index (κ2) is 8.63. The maximum absolute atomic E-state index is 14.0. The van der Waals surface area contributed by atoms with Crippen LogP contribution in [0.4, 0.5) is 4.39 Å². The molecule has 1 aromatic heterocycles. The Bertz CT molecular complexity index is 1070. The van der Waals surface area contributed by atoms with Gasteiger partial charge in [-0.2, -0.15) is 5.10 Å². The van der Waals surface area contributed by atoms with E-state index in [4.69, 9.17) is 0 Å². The first-order valence-electron chi connectivity index (χ1n) is 11.0. The lowest BCUT2D eigenvalue weighted by Gasteiger charge is -2.36. The van der Waals surface area contributed by atoms with Gasteiger partial charge in [-0.05, 0) is 55.6 Å². The molecule has 31 heavy (non-hydrogen) atoms. The van der Waals surface area contributed by atoms with Gasteiger partial charge in [-0.25, -0.2) is 9.07 Å². The molecule has 5 rings (SSSR count). The van der Waals surface area contributed by atoms with Crippen molar-refractivity contribution < 1.29 is 9.18 Å². The number of likely N-dealkylation sites (tertiary alicyclic amines) is 1. The molecule has 1 amide bonds. The lowest BCUT2D eigenvalue weighted by molar-refractivity contribution is -0.138. The predicted molar refractivity (Wildman–Crippen MR) is 117 cm³/mol. The molecule has 1 fully saturated rings. The number of fused-ring (bicyclic) bond motifs is 1. The van der Waals surface area contributed by atoms with Gasteiger partial charge < -0.3 is 4.90 Å². The van der Waals surface area contributed by atoms with E-state index in [0.717, 1.165) is 57.5 Å². The molecule has 1 saturated heterocycles. The standard InChI is InChI=1S/C25H27FN4O/c26-23-7-3-4-8-24(23)30-17-19(15-27-30)16-28-12-9-21(10-13-28)25(31)29-14-11-20-5-1-2-6-22(20)18-29/h1-8,15,17,21H,9-14,16,18H2. The Labute approximate surface area is 182 Å². The highest BCUT2D eigenvalue weighted by atomic mass is 19.1. The Balaban J connectivity index is 1.15. The number of nitrogens with zero attached hydrogens (tertiary/aromatic N) is 4. The van der Waals surface area contributed by atoms with Crippen LogP contribution < -0.4 is 0 Å². The molecule has 0 aliphatic carbocycles. The highest BCUT2D eigenvalue weighted by Crippen LogP contribution is 2.25. The molecule has 3 aromatic rings. The molecule has 0 bridgehead atoms. The minimum absolute atomic E-state index is 0.114. The average Bonchev–Trinajstić information content (AvgIpc) is 3.27. The minimum Gasteiger partial charge on any atom is -0.338 e. The van der Waals surface area contributed by atoms with E-state index in [1.807, 2.05) is 17.2 Å². The molecule has 6 heteroatoms. The van der Waals surface area contributed by atoms with Crippen LogP contribution in [0.15, 0.2) is 60.9 Å². The Morgan fingerprint density at radius 2 is 1.74 bits per heavy atom. The molecule has 2 aliphatic heterocycles. The minimum atomic E-state index is -0.281. The topological polar surface area (TPSA) is 41.4 Å². The fraction of sp³-hybridized carbons (Fsp3) is 0.360. The van der Waals surface area contributed by atoms with Crippen LogP contribution in [-0.4, -0.2) is 45.1 Å². The van der Waals surface area contributed by atoms with Crippen LogP contribution in [-0.2, 0) is 24.3 Å². The first-order valence-corrected chi connectivity index (χ1v) is 11.0. The van der Waals surface area contributed by atoms with Crippen molar-refractivity contribution >= 4 is 5.91 Å². The van der Waals surface area contributed by atoms with Crippen molar-refractivity contribution in [3.05, 3.63) is 83.4 Å². The number of rotatable bonds is 4. The Hall–Kier alpha value is -2.99. The zero-order valence-electron chi connectivity index (χ0n) is 17.6. The van der Waals surface area contributed by atoms with E-state index >= 15 is 0 Å². The van der Waals surface area contributed by atoms with Crippen molar-refractivity contribution in [1.29, 1.82) is 0 Å². The summed E-state index contributed by atoms with van der Waals surface area (Å²) >= 11 is 0. The molecule has 0 N–H and O–H groups in total. The number of piperidine rings is 1. The molecule has 0 saturated carbocycles. The first-order chi connectivity index (χ1) is 15.2. The highest BCUT2D eigenvalue weighted by Gasteiger charge is 2.30. The van der Waals surface area contributed by atoms with Crippen molar-refractivity contribution in [3.8, 4) is 5.69 Å². The zero-order chi connectivity index (χ0) is 21.2. The van der Waals surface area contributed by atoms with E-state index in [9.17, 15) is 9.18 Å². The Morgan fingerprint density at radius 1 is 1.00 bits per heavy atom. The maximum Gasteiger partial charge on any atom is 0.226 e. The van der Waals surface area contributed by atoms with Crippen LogP contribution >= 0.6 is 0 Å². The molecular weight excluding hydrogens is 391 g/mol. The van der Waals surface area contributed by atoms with E-state index in [1.54, 1.807) is 23.0 Å². The summed E-state index contributed by atoms with van der Waals surface area (Å²) in [5.74, 6) is 0.140. The lowest BCUT2D eigenvalue weighted by Crippen LogP contribution is -2.44. The summed E-state index contributed by atoms with van der Waals surface area (Å²) < 4.78 is 15.6. The lowest BCUT2D eigenvalue weighted by atomic mass is 9.93. The van der Waals surface area contributed by atoms with Gasteiger partial charge in [0.1, 0.15) is 11.5 Å². The highest BCUT2D eigenvalue weighted by molar-refractivity contribution is 5.79.